The van der Waals surface area contributed by atoms with E-state index >= 15 is 0 Å². The predicted molar refractivity (Wildman–Crippen MR) is 52.2 cm³/mol. The third-order valence-corrected chi connectivity index (χ3v) is 1.95. The van der Waals surface area contributed by atoms with Gasteiger partial charge in [0.05, 0.1) is 7.11 Å². The van der Waals surface area contributed by atoms with Crippen molar-refractivity contribution >= 4 is 11.8 Å². The summed E-state index contributed by atoms with van der Waals surface area (Å²) in [6.45, 7) is 3.27. The molecule has 0 aromatic rings. The first kappa shape index (κ1) is 15.0. The van der Waals surface area contributed by atoms with E-state index in [1.165, 1.54) is 0 Å². The van der Waals surface area contributed by atoms with Crippen molar-refractivity contribution in [3.63, 3.8) is 0 Å². The number of hydrogen-bond donors (Lipinski definition) is 0. The first-order chi connectivity index (χ1) is 7.27. The molecular formula is C10H16F2O4. The van der Waals surface area contributed by atoms with Gasteiger partial charge in [0.1, 0.15) is 0 Å². The molecule has 1 unspecified atom stereocenters. The van der Waals surface area contributed by atoms with Crippen LogP contribution >= 0.6 is 0 Å². The highest BCUT2D eigenvalue weighted by molar-refractivity contribution is 5.92. The Kier molecular flexibility index (Phi) is 5.50. The number of esters is 1. The molecule has 0 aliphatic carbocycles. The van der Waals surface area contributed by atoms with E-state index in [0.29, 0.717) is 0 Å². The Balaban J connectivity index is 4.85. The minimum atomic E-state index is -3.86. The lowest BCUT2D eigenvalue weighted by Gasteiger charge is -2.22. The van der Waals surface area contributed by atoms with Gasteiger partial charge >= 0.3 is 11.9 Å². The lowest BCUT2D eigenvalue weighted by Crippen LogP contribution is -2.48. The molecule has 0 spiro atoms. The smallest absolute Gasteiger partial charge is 0.341 e. The van der Waals surface area contributed by atoms with Gasteiger partial charge in [-0.3, -0.25) is 4.79 Å². The van der Waals surface area contributed by atoms with Gasteiger partial charge in [-0.2, -0.15) is 8.78 Å². The Bertz CT molecular complexity index is 264. The average molecular weight is 238 g/mol. The molecule has 0 bridgehead atoms. The van der Waals surface area contributed by atoms with Gasteiger partial charge < -0.3 is 9.47 Å². The zero-order chi connectivity index (χ0) is 12.9. The van der Waals surface area contributed by atoms with E-state index in [1.54, 1.807) is 13.8 Å². The van der Waals surface area contributed by atoms with E-state index in [1.807, 2.05) is 0 Å². The lowest BCUT2D eigenvalue weighted by atomic mass is 9.99. The van der Waals surface area contributed by atoms with Crippen LogP contribution in [0, 0.1) is 5.92 Å². The van der Waals surface area contributed by atoms with Crippen LogP contribution in [0.4, 0.5) is 8.78 Å². The summed E-state index contributed by atoms with van der Waals surface area (Å²) < 4.78 is 35.5. The second-order valence-electron chi connectivity index (χ2n) is 3.78. The summed E-state index contributed by atoms with van der Waals surface area (Å²) in [4.78, 5) is 22.3. The number of carbonyl (C=O) groups is 2. The molecule has 94 valence electrons. The summed E-state index contributed by atoms with van der Waals surface area (Å²) in [6.07, 6.45) is -2.49. The van der Waals surface area contributed by atoms with Crippen molar-refractivity contribution in [2.45, 2.75) is 32.3 Å². The van der Waals surface area contributed by atoms with Gasteiger partial charge in [-0.25, -0.2) is 4.79 Å². The van der Waals surface area contributed by atoms with E-state index in [9.17, 15) is 18.4 Å². The highest BCUT2D eigenvalue weighted by atomic mass is 19.3. The Morgan fingerprint density at radius 3 is 2.06 bits per heavy atom. The molecule has 4 nitrogen and oxygen atoms in total. The molecule has 0 radical (unpaired) electrons. The molecule has 0 heterocycles. The van der Waals surface area contributed by atoms with Crippen LogP contribution in [-0.4, -0.2) is 38.0 Å². The van der Waals surface area contributed by atoms with Gasteiger partial charge in [0.15, 0.2) is 0 Å². The van der Waals surface area contributed by atoms with Crippen LogP contribution in [0.3, 0.4) is 0 Å². The maximum Gasteiger partial charge on any atom is 0.341 e. The second-order valence-corrected chi connectivity index (χ2v) is 3.78. The highest BCUT2D eigenvalue weighted by Gasteiger charge is 2.51. The molecule has 0 saturated carbocycles. The van der Waals surface area contributed by atoms with Crippen LogP contribution in [-0.2, 0) is 19.1 Å². The largest absolute Gasteiger partial charge is 0.467 e. The van der Waals surface area contributed by atoms with E-state index < -0.39 is 23.8 Å². The van der Waals surface area contributed by atoms with Crippen LogP contribution in [0.5, 0.6) is 0 Å². The van der Waals surface area contributed by atoms with Gasteiger partial charge in [-0.1, -0.05) is 13.8 Å². The minimum Gasteiger partial charge on any atom is -0.467 e. The predicted octanol–water partition coefficient (Wildman–Crippen LogP) is 1.42. The quantitative estimate of drug-likeness (QED) is 0.657. The van der Waals surface area contributed by atoms with E-state index in [0.717, 1.165) is 14.2 Å². The number of hydrogen-bond acceptors (Lipinski definition) is 4. The van der Waals surface area contributed by atoms with Crippen LogP contribution in [0.2, 0.25) is 0 Å². The van der Waals surface area contributed by atoms with Crippen molar-refractivity contribution in [1.82, 2.24) is 0 Å². The first-order valence-electron chi connectivity index (χ1n) is 4.79. The number of carbonyl (C=O) groups excluding carboxylic acids is 2. The fourth-order valence-corrected chi connectivity index (χ4v) is 1.15. The molecule has 0 N–H and O–H groups in total. The standard InChI is InChI=1S/C10H16F2O4/c1-6(2)5-7(13)10(11,12)8(15-3)9(14)16-4/h6,8H,5H2,1-4H3. The number of methoxy groups -OCH3 is 2. The van der Waals surface area contributed by atoms with Crippen molar-refractivity contribution in [2.24, 2.45) is 5.92 Å². The molecule has 0 aliphatic rings. The average Bonchev–Trinajstić information content (AvgIpc) is 2.16. The number of halogens is 2. The van der Waals surface area contributed by atoms with Gasteiger partial charge in [0.25, 0.3) is 0 Å². The zero-order valence-corrected chi connectivity index (χ0v) is 9.75. The molecule has 0 rings (SSSR count). The second kappa shape index (κ2) is 5.89. The monoisotopic (exact) mass is 238 g/mol. The van der Waals surface area contributed by atoms with E-state index in [2.05, 4.69) is 9.47 Å². The molecular weight excluding hydrogens is 222 g/mol. The van der Waals surface area contributed by atoms with Gasteiger partial charge in [-0.05, 0) is 5.92 Å². The number of ether oxygens (including phenoxy) is 2. The Morgan fingerprint density at radius 1 is 1.25 bits per heavy atom. The zero-order valence-electron chi connectivity index (χ0n) is 9.75. The van der Waals surface area contributed by atoms with Gasteiger partial charge in [0, 0.05) is 13.5 Å². The summed E-state index contributed by atoms with van der Waals surface area (Å²) in [5, 5.41) is 0. The molecule has 0 amide bonds. The maximum absolute atomic E-state index is 13.5. The SMILES string of the molecule is COC(=O)C(OC)C(F)(F)C(=O)CC(C)C. The maximum atomic E-state index is 13.5. The van der Waals surface area contributed by atoms with Crippen LogP contribution < -0.4 is 0 Å². The number of rotatable bonds is 6. The van der Waals surface area contributed by atoms with Gasteiger partial charge in [0.2, 0.25) is 11.9 Å². The topological polar surface area (TPSA) is 52.6 Å². The molecule has 0 fully saturated rings. The summed E-state index contributed by atoms with van der Waals surface area (Å²) in [5.41, 5.74) is 0. The summed E-state index contributed by atoms with van der Waals surface area (Å²) >= 11 is 0. The molecule has 6 heteroatoms. The van der Waals surface area contributed by atoms with Crippen molar-refractivity contribution in [2.75, 3.05) is 14.2 Å². The van der Waals surface area contributed by atoms with E-state index in [4.69, 9.17) is 0 Å². The third-order valence-electron chi connectivity index (χ3n) is 1.95. The summed E-state index contributed by atoms with van der Waals surface area (Å²) in [5.74, 6) is -6.65. The molecule has 1 atom stereocenters. The minimum absolute atomic E-state index is 0.214. The summed E-state index contributed by atoms with van der Waals surface area (Å²) in [7, 11) is 1.88. The highest BCUT2D eigenvalue weighted by Crippen LogP contribution is 2.26. The number of alkyl halides is 2. The molecule has 0 aromatic heterocycles. The van der Waals surface area contributed by atoms with Gasteiger partial charge in [-0.15, -0.1) is 0 Å². The summed E-state index contributed by atoms with van der Waals surface area (Å²) in [6, 6.07) is 0. The Labute approximate surface area is 92.9 Å². The lowest BCUT2D eigenvalue weighted by molar-refractivity contribution is -0.185. The molecule has 0 aliphatic heterocycles. The fraction of sp³-hybridized carbons (Fsp3) is 0.800. The van der Waals surface area contributed by atoms with Crippen LogP contribution in [0.15, 0.2) is 0 Å². The number of Topliss-reactive ketones (excluding diaryl/α,β-unsaturated/α-hetero) is 1. The van der Waals surface area contributed by atoms with Crippen molar-refractivity contribution < 1.29 is 27.8 Å². The van der Waals surface area contributed by atoms with Crippen molar-refractivity contribution in [1.29, 1.82) is 0 Å². The molecule has 0 saturated heterocycles. The first-order valence-corrected chi connectivity index (χ1v) is 4.79. The molecule has 0 aromatic carbocycles. The molecule has 16 heavy (non-hydrogen) atoms. The third kappa shape index (κ3) is 3.52. The van der Waals surface area contributed by atoms with E-state index in [-0.39, 0.29) is 12.3 Å². The fourth-order valence-electron chi connectivity index (χ4n) is 1.15. The number of ketones is 1. The Hall–Kier alpha value is -1.04. The van der Waals surface area contributed by atoms with Crippen molar-refractivity contribution in [3.05, 3.63) is 0 Å². The Morgan fingerprint density at radius 2 is 1.75 bits per heavy atom. The normalized spacial score (nSPS) is 13.7. The van der Waals surface area contributed by atoms with Crippen LogP contribution in [0.25, 0.3) is 0 Å². The van der Waals surface area contributed by atoms with Crippen LogP contribution in [0.1, 0.15) is 20.3 Å². The van der Waals surface area contributed by atoms with Crippen molar-refractivity contribution in [3.8, 4) is 0 Å².